The first-order valence-corrected chi connectivity index (χ1v) is 1.58. The molecule has 0 radical (unpaired) electrons. The Hall–Kier alpha value is -0.840. The van der Waals surface area contributed by atoms with Crippen molar-refractivity contribution in [1.29, 1.82) is 0 Å². The van der Waals surface area contributed by atoms with E-state index in [4.69, 9.17) is 5.21 Å². The van der Waals surface area contributed by atoms with Crippen LogP contribution in [-0.2, 0) is 0 Å². The van der Waals surface area contributed by atoms with Crippen molar-refractivity contribution >= 4 is 16.9 Å². The van der Waals surface area contributed by atoms with Gasteiger partial charge in [-0.25, -0.2) is 0 Å². The number of nitrogens with zero attached hydrogens (tertiary/aromatic N) is 2. The zero-order valence-electron chi connectivity index (χ0n) is 3.04. The summed E-state index contributed by atoms with van der Waals surface area (Å²) in [5.41, 5.74) is 0. The molecular formula is CHClN2O3. The van der Waals surface area contributed by atoms with E-state index < -0.39 is 10.2 Å². The number of nitro groups is 1. The van der Waals surface area contributed by atoms with E-state index in [1.165, 1.54) is 0 Å². The zero-order chi connectivity index (χ0) is 5.86. The number of hydrogen-bond donors (Lipinski definition) is 1. The third-order valence-electron chi connectivity index (χ3n) is 0.233. The van der Waals surface area contributed by atoms with E-state index in [1.807, 2.05) is 0 Å². The summed E-state index contributed by atoms with van der Waals surface area (Å²) in [6.45, 7) is 0. The highest BCUT2D eigenvalue weighted by Crippen LogP contribution is 1.81. The normalized spacial score (nSPS) is 11.3. The van der Waals surface area contributed by atoms with Gasteiger partial charge in [0, 0.05) is 11.6 Å². The van der Waals surface area contributed by atoms with Crippen LogP contribution in [0.1, 0.15) is 0 Å². The molecule has 7 heavy (non-hydrogen) atoms. The minimum Gasteiger partial charge on any atom is -0.357 e. The number of rotatable bonds is 0. The highest BCUT2D eigenvalue weighted by atomic mass is 35.5. The second-order valence-corrected chi connectivity index (χ2v) is 0.964. The van der Waals surface area contributed by atoms with Crippen LogP contribution < -0.4 is 0 Å². The van der Waals surface area contributed by atoms with Crippen LogP contribution in [-0.4, -0.2) is 15.4 Å². The lowest BCUT2D eigenvalue weighted by molar-refractivity contribution is -0.346. The van der Waals surface area contributed by atoms with Gasteiger partial charge in [0.2, 0.25) is 0 Å². The van der Waals surface area contributed by atoms with E-state index in [0.717, 1.165) is 0 Å². The van der Waals surface area contributed by atoms with Crippen LogP contribution >= 0.6 is 11.6 Å². The lowest BCUT2D eigenvalue weighted by Gasteiger charge is -1.80. The van der Waals surface area contributed by atoms with E-state index in [2.05, 4.69) is 16.8 Å². The van der Waals surface area contributed by atoms with Gasteiger partial charge in [-0.05, 0) is 4.92 Å². The summed E-state index contributed by atoms with van der Waals surface area (Å²) in [4.78, 5) is 8.30. The second-order valence-electron chi connectivity index (χ2n) is 0.626. The van der Waals surface area contributed by atoms with Crippen molar-refractivity contribution in [1.82, 2.24) is 0 Å². The van der Waals surface area contributed by atoms with Crippen LogP contribution in [0, 0.1) is 10.1 Å². The van der Waals surface area contributed by atoms with Gasteiger partial charge in [0.15, 0.2) is 5.16 Å². The van der Waals surface area contributed by atoms with Gasteiger partial charge in [-0.2, -0.15) is 0 Å². The Morgan fingerprint density at radius 3 is 2.43 bits per heavy atom. The van der Waals surface area contributed by atoms with Gasteiger partial charge in [-0.15, -0.1) is 0 Å². The Morgan fingerprint density at radius 2 is 2.43 bits per heavy atom. The summed E-state index contributed by atoms with van der Waals surface area (Å²) < 4.78 is 0. The van der Waals surface area contributed by atoms with Gasteiger partial charge in [0.1, 0.15) is 0 Å². The molecule has 0 aromatic carbocycles. The Morgan fingerprint density at radius 1 is 2.00 bits per heavy atom. The highest BCUT2D eigenvalue weighted by molar-refractivity contribution is 6.62. The monoisotopic (exact) mass is 124 g/mol. The van der Waals surface area contributed by atoms with Crippen LogP contribution in [0.3, 0.4) is 0 Å². The van der Waals surface area contributed by atoms with Crippen LogP contribution in [0.5, 0.6) is 0 Å². The minimum atomic E-state index is -1.03. The van der Waals surface area contributed by atoms with Gasteiger partial charge in [0.05, 0.1) is 0 Å². The van der Waals surface area contributed by atoms with Crippen LogP contribution in [0.25, 0.3) is 0 Å². The molecule has 0 amide bonds. The predicted octanol–water partition coefficient (Wildman–Crippen LogP) is 0.247. The van der Waals surface area contributed by atoms with Crippen molar-refractivity contribution < 1.29 is 10.1 Å². The van der Waals surface area contributed by atoms with E-state index >= 15 is 0 Å². The SMILES string of the molecule is O=[N+]([O-])/C(Cl)=N\O. The van der Waals surface area contributed by atoms with Gasteiger partial charge in [0.25, 0.3) is 0 Å². The third kappa shape index (κ3) is 1.94. The lowest BCUT2D eigenvalue weighted by Crippen LogP contribution is -2.01. The molecule has 6 heteroatoms. The number of amidine groups is 1. The fourth-order valence-corrected chi connectivity index (χ4v) is 0.0365. The molecule has 0 fully saturated rings. The van der Waals surface area contributed by atoms with Gasteiger partial charge in [-0.3, -0.25) is 0 Å². The molecule has 0 rings (SSSR count). The van der Waals surface area contributed by atoms with Crippen molar-refractivity contribution in [2.24, 2.45) is 5.16 Å². The van der Waals surface area contributed by atoms with E-state index in [-0.39, 0.29) is 0 Å². The topological polar surface area (TPSA) is 75.7 Å². The Bertz CT molecular complexity index is 110. The van der Waals surface area contributed by atoms with Gasteiger partial charge < -0.3 is 15.3 Å². The number of hydrogen-bond acceptors (Lipinski definition) is 4. The fourth-order valence-electron chi connectivity index (χ4n) is 0.0365. The summed E-state index contributed by atoms with van der Waals surface area (Å²) in [6.07, 6.45) is 0. The van der Waals surface area contributed by atoms with Crippen LogP contribution in [0.2, 0.25) is 0 Å². The molecular weight excluding hydrogens is 123 g/mol. The molecule has 0 saturated carbocycles. The third-order valence-corrected chi connectivity index (χ3v) is 0.447. The van der Waals surface area contributed by atoms with Crippen molar-refractivity contribution in [2.45, 2.75) is 0 Å². The first-order valence-electron chi connectivity index (χ1n) is 1.20. The molecule has 0 spiro atoms. The number of halogens is 1. The molecule has 0 aromatic heterocycles. The molecule has 0 saturated heterocycles. The summed E-state index contributed by atoms with van der Waals surface area (Å²) >= 11 is 4.60. The van der Waals surface area contributed by atoms with Crippen LogP contribution in [0.4, 0.5) is 0 Å². The maximum atomic E-state index is 9.31. The van der Waals surface area contributed by atoms with Crippen molar-refractivity contribution in [3.63, 3.8) is 0 Å². The molecule has 0 aliphatic rings. The second kappa shape index (κ2) is 2.35. The molecule has 0 aromatic rings. The predicted molar refractivity (Wildman–Crippen MR) is 22.1 cm³/mol. The Balaban J connectivity index is 3.82. The Kier molecular flexibility index (Phi) is 2.07. The highest BCUT2D eigenvalue weighted by Gasteiger charge is 2.04. The summed E-state index contributed by atoms with van der Waals surface area (Å²) in [5.74, 6) is 0. The van der Waals surface area contributed by atoms with Crippen molar-refractivity contribution in [3.05, 3.63) is 10.1 Å². The van der Waals surface area contributed by atoms with Gasteiger partial charge in [-0.1, -0.05) is 0 Å². The Labute approximate surface area is 43.3 Å². The quantitative estimate of drug-likeness (QED) is 0.126. The average Bonchev–Trinajstić information content (AvgIpc) is 1.65. The first kappa shape index (κ1) is 6.16. The summed E-state index contributed by atoms with van der Waals surface area (Å²) in [5, 5.41) is 17.9. The fraction of sp³-hybridized carbons (Fsp3) is 0. The standard InChI is InChI=1S/CHClN2O3/c2-1(3-5)4(6)7/h5H/b3-1-. The molecule has 0 bridgehead atoms. The van der Waals surface area contributed by atoms with Crippen molar-refractivity contribution in [3.8, 4) is 0 Å². The average molecular weight is 124 g/mol. The molecule has 0 aliphatic heterocycles. The smallest absolute Gasteiger partial charge is 0.357 e. The van der Waals surface area contributed by atoms with E-state index in [1.54, 1.807) is 0 Å². The lowest BCUT2D eigenvalue weighted by atomic mass is 11.3. The molecule has 5 nitrogen and oxygen atoms in total. The summed E-state index contributed by atoms with van der Waals surface area (Å²) in [6, 6.07) is 0. The number of oxime groups is 1. The molecule has 0 atom stereocenters. The molecule has 1 N–H and O–H groups in total. The molecule has 0 aliphatic carbocycles. The zero-order valence-corrected chi connectivity index (χ0v) is 3.79. The molecule has 0 unspecified atom stereocenters. The van der Waals surface area contributed by atoms with Crippen LogP contribution in [0.15, 0.2) is 5.16 Å². The minimum absolute atomic E-state index is 1.01. The van der Waals surface area contributed by atoms with E-state index in [0.29, 0.717) is 0 Å². The summed E-state index contributed by atoms with van der Waals surface area (Å²) in [7, 11) is 0. The largest absolute Gasteiger partial charge is 0.481 e. The van der Waals surface area contributed by atoms with E-state index in [9.17, 15) is 10.1 Å². The molecule has 40 valence electrons. The van der Waals surface area contributed by atoms with Gasteiger partial charge >= 0.3 is 5.29 Å². The molecule has 0 heterocycles. The maximum Gasteiger partial charge on any atom is 0.481 e. The van der Waals surface area contributed by atoms with Crippen molar-refractivity contribution in [2.75, 3.05) is 0 Å². The first-order chi connectivity index (χ1) is 3.18. The maximum absolute atomic E-state index is 9.31.